The topological polar surface area (TPSA) is 12.0 Å². The van der Waals surface area contributed by atoms with Crippen LogP contribution in [0.3, 0.4) is 0 Å². The fourth-order valence-electron chi connectivity index (χ4n) is 2.44. The van der Waals surface area contributed by atoms with Crippen molar-refractivity contribution in [1.82, 2.24) is 5.32 Å². The van der Waals surface area contributed by atoms with Gasteiger partial charge in [0.25, 0.3) is 0 Å². The Hall–Kier alpha value is -0.820. The smallest absolute Gasteiger partial charge is 0.0219 e. The summed E-state index contributed by atoms with van der Waals surface area (Å²) in [6.45, 7) is 8.08. The molecule has 0 aromatic heterocycles. The van der Waals surface area contributed by atoms with Gasteiger partial charge in [0.15, 0.2) is 0 Å². The van der Waals surface area contributed by atoms with E-state index in [4.69, 9.17) is 0 Å². The summed E-state index contributed by atoms with van der Waals surface area (Å²) in [5, 5.41) is 3.58. The van der Waals surface area contributed by atoms with Crippen molar-refractivity contribution in [3.05, 3.63) is 35.9 Å². The third-order valence-corrected chi connectivity index (χ3v) is 3.98. The molecule has 0 aliphatic carbocycles. The predicted octanol–water partition coefficient (Wildman–Crippen LogP) is 2.72. The van der Waals surface area contributed by atoms with Crippen molar-refractivity contribution in [3.63, 3.8) is 0 Å². The average Bonchev–Trinajstić information content (AvgIpc) is 2.44. The third kappa shape index (κ3) is 1.27. The van der Waals surface area contributed by atoms with Crippen LogP contribution in [0.1, 0.15) is 32.8 Å². The van der Waals surface area contributed by atoms with E-state index in [2.05, 4.69) is 56.4 Å². The van der Waals surface area contributed by atoms with E-state index in [9.17, 15) is 0 Å². The van der Waals surface area contributed by atoms with Gasteiger partial charge in [-0.2, -0.15) is 0 Å². The van der Waals surface area contributed by atoms with Gasteiger partial charge >= 0.3 is 0 Å². The second-order valence-corrected chi connectivity index (χ2v) is 5.00. The van der Waals surface area contributed by atoms with Gasteiger partial charge in [0.2, 0.25) is 0 Å². The Bertz CT molecular complexity index is 315. The molecule has 1 unspecified atom stereocenters. The van der Waals surface area contributed by atoms with Crippen LogP contribution in [-0.2, 0) is 5.41 Å². The molecule has 1 aromatic rings. The van der Waals surface area contributed by atoms with E-state index in [0.717, 1.165) is 6.54 Å². The highest BCUT2D eigenvalue weighted by Gasteiger charge is 2.45. The largest absolute Gasteiger partial charge is 0.311 e. The molecule has 1 atom stereocenters. The summed E-state index contributed by atoms with van der Waals surface area (Å²) in [6, 6.07) is 10.8. The van der Waals surface area contributed by atoms with E-state index >= 15 is 0 Å². The second kappa shape index (κ2) is 3.09. The Balaban J connectivity index is 2.42. The highest BCUT2D eigenvalue weighted by Crippen LogP contribution is 2.41. The van der Waals surface area contributed by atoms with E-state index in [1.54, 1.807) is 0 Å². The number of benzene rings is 1. The molecule has 1 heterocycles. The number of rotatable bonds is 1. The fourth-order valence-corrected chi connectivity index (χ4v) is 2.44. The summed E-state index contributed by atoms with van der Waals surface area (Å²) >= 11 is 0. The zero-order valence-corrected chi connectivity index (χ0v) is 9.30. The van der Waals surface area contributed by atoms with Crippen LogP contribution in [0.25, 0.3) is 0 Å². The summed E-state index contributed by atoms with van der Waals surface area (Å²) in [5.41, 5.74) is 1.93. The molecule has 1 aromatic carbocycles. The molecule has 0 amide bonds. The molecule has 0 radical (unpaired) electrons. The first-order valence-electron chi connectivity index (χ1n) is 5.37. The molecule has 0 saturated carbocycles. The van der Waals surface area contributed by atoms with Crippen molar-refractivity contribution in [2.45, 2.75) is 38.1 Å². The molecular formula is C13H19N. The van der Waals surface area contributed by atoms with Crippen LogP contribution in [0.15, 0.2) is 30.3 Å². The molecule has 1 N–H and O–H groups in total. The minimum atomic E-state index is 0.203. The zero-order chi connectivity index (χ0) is 10.2. The predicted molar refractivity (Wildman–Crippen MR) is 60.5 cm³/mol. The Labute approximate surface area is 86.5 Å². The number of hydrogen-bond donors (Lipinski definition) is 1. The van der Waals surface area contributed by atoms with Crippen molar-refractivity contribution in [2.75, 3.05) is 6.54 Å². The maximum absolute atomic E-state index is 3.58. The lowest BCUT2D eigenvalue weighted by molar-refractivity contribution is 0.297. The first-order chi connectivity index (χ1) is 6.56. The van der Waals surface area contributed by atoms with E-state index in [-0.39, 0.29) is 11.0 Å². The van der Waals surface area contributed by atoms with Crippen LogP contribution in [0.2, 0.25) is 0 Å². The first-order valence-corrected chi connectivity index (χ1v) is 5.37. The minimum absolute atomic E-state index is 0.203. The third-order valence-electron chi connectivity index (χ3n) is 3.98. The van der Waals surface area contributed by atoms with Crippen molar-refractivity contribution in [3.8, 4) is 0 Å². The summed E-state index contributed by atoms with van der Waals surface area (Å²) in [4.78, 5) is 0. The zero-order valence-electron chi connectivity index (χ0n) is 9.30. The molecule has 14 heavy (non-hydrogen) atoms. The normalized spacial score (nSPS) is 30.5. The maximum atomic E-state index is 3.58. The SMILES string of the molecule is CC1(C)NCCC1(C)c1ccccc1. The van der Waals surface area contributed by atoms with Gasteiger partial charge in [-0.3, -0.25) is 0 Å². The highest BCUT2D eigenvalue weighted by molar-refractivity contribution is 5.31. The van der Waals surface area contributed by atoms with Crippen LogP contribution in [-0.4, -0.2) is 12.1 Å². The Morgan fingerprint density at radius 3 is 2.21 bits per heavy atom. The molecule has 1 saturated heterocycles. The molecule has 1 fully saturated rings. The molecule has 0 bridgehead atoms. The Kier molecular flexibility index (Phi) is 2.15. The lowest BCUT2D eigenvalue weighted by Crippen LogP contribution is -2.47. The molecule has 0 spiro atoms. The summed E-state index contributed by atoms with van der Waals surface area (Å²) < 4.78 is 0. The van der Waals surface area contributed by atoms with Gasteiger partial charge in [-0.15, -0.1) is 0 Å². The van der Waals surface area contributed by atoms with E-state index in [0.29, 0.717) is 0 Å². The lowest BCUT2D eigenvalue weighted by atomic mass is 9.69. The second-order valence-electron chi connectivity index (χ2n) is 5.00. The van der Waals surface area contributed by atoms with Gasteiger partial charge in [-0.05, 0) is 32.4 Å². The molecule has 1 aliphatic heterocycles. The van der Waals surface area contributed by atoms with Crippen LogP contribution in [0, 0.1) is 0 Å². The van der Waals surface area contributed by atoms with Crippen molar-refractivity contribution in [2.24, 2.45) is 0 Å². The van der Waals surface area contributed by atoms with Gasteiger partial charge < -0.3 is 5.32 Å². The Morgan fingerprint density at radius 2 is 1.71 bits per heavy atom. The van der Waals surface area contributed by atoms with Crippen LogP contribution < -0.4 is 5.32 Å². The van der Waals surface area contributed by atoms with E-state index < -0.39 is 0 Å². The van der Waals surface area contributed by atoms with Crippen molar-refractivity contribution in [1.29, 1.82) is 0 Å². The van der Waals surface area contributed by atoms with Gasteiger partial charge in [-0.25, -0.2) is 0 Å². The quantitative estimate of drug-likeness (QED) is 0.716. The summed E-state index contributed by atoms with van der Waals surface area (Å²) in [5.74, 6) is 0. The standard InChI is InChI=1S/C13H19N/c1-12(2)13(3,9-10-14-12)11-7-5-4-6-8-11/h4-8,14H,9-10H2,1-3H3. The van der Waals surface area contributed by atoms with E-state index in [1.807, 2.05) is 0 Å². The molecule has 1 heteroatoms. The average molecular weight is 189 g/mol. The first kappa shape index (κ1) is 9.72. The highest BCUT2D eigenvalue weighted by atomic mass is 15.0. The molecule has 1 nitrogen and oxygen atoms in total. The number of nitrogens with one attached hydrogen (secondary N) is 1. The van der Waals surface area contributed by atoms with Gasteiger partial charge in [0, 0.05) is 11.0 Å². The summed E-state index contributed by atoms with van der Waals surface area (Å²) in [6.07, 6.45) is 1.23. The van der Waals surface area contributed by atoms with Crippen LogP contribution >= 0.6 is 0 Å². The maximum Gasteiger partial charge on any atom is 0.0219 e. The van der Waals surface area contributed by atoms with Crippen LogP contribution in [0.4, 0.5) is 0 Å². The van der Waals surface area contributed by atoms with Gasteiger partial charge in [0.1, 0.15) is 0 Å². The monoisotopic (exact) mass is 189 g/mol. The lowest BCUT2D eigenvalue weighted by Gasteiger charge is -2.38. The van der Waals surface area contributed by atoms with Crippen molar-refractivity contribution >= 4 is 0 Å². The minimum Gasteiger partial charge on any atom is -0.311 e. The molecule has 76 valence electrons. The fraction of sp³-hybridized carbons (Fsp3) is 0.538. The van der Waals surface area contributed by atoms with Crippen molar-refractivity contribution < 1.29 is 0 Å². The molecule has 2 rings (SSSR count). The molecular weight excluding hydrogens is 170 g/mol. The summed E-state index contributed by atoms with van der Waals surface area (Å²) in [7, 11) is 0. The number of hydrogen-bond acceptors (Lipinski definition) is 1. The van der Waals surface area contributed by atoms with Crippen LogP contribution in [0.5, 0.6) is 0 Å². The molecule has 1 aliphatic rings. The van der Waals surface area contributed by atoms with Gasteiger partial charge in [-0.1, -0.05) is 37.3 Å². The van der Waals surface area contributed by atoms with E-state index in [1.165, 1.54) is 12.0 Å². The van der Waals surface area contributed by atoms with Gasteiger partial charge in [0.05, 0.1) is 0 Å². The Morgan fingerprint density at radius 1 is 1.07 bits per heavy atom.